The SMILES string of the molecule is CC(C)(c1cc(N)nc(-c2ccc(NC(N)=O)cc2)n1)S(=O)(=O)C1=CCNC=C1. The number of nitrogens with zero attached hydrogens (tertiary/aromatic N) is 2. The Bertz CT molecular complexity index is 1110. The molecule has 0 saturated heterocycles. The van der Waals surface area contributed by atoms with Crippen LogP contribution in [0.25, 0.3) is 11.4 Å². The number of primary amides is 1. The summed E-state index contributed by atoms with van der Waals surface area (Å²) in [6, 6.07) is 7.44. The predicted octanol–water partition coefficient (Wildman–Crippen LogP) is 1.87. The molecular formula is C19H22N6O3S. The van der Waals surface area contributed by atoms with E-state index in [4.69, 9.17) is 11.5 Å². The van der Waals surface area contributed by atoms with Gasteiger partial charge < -0.3 is 22.1 Å². The molecule has 1 aromatic carbocycles. The third-order valence-corrected chi connectivity index (χ3v) is 7.02. The van der Waals surface area contributed by atoms with Gasteiger partial charge in [-0.3, -0.25) is 0 Å². The summed E-state index contributed by atoms with van der Waals surface area (Å²) in [7, 11) is -3.72. The molecule has 0 atom stereocenters. The van der Waals surface area contributed by atoms with Crippen LogP contribution in [0.5, 0.6) is 0 Å². The molecule has 2 aromatic rings. The number of nitrogen functional groups attached to an aromatic ring is 1. The van der Waals surface area contributed by atoms with E-state index < -0.39 is 20.6 Å². The van der Waals surface area contributed by atoms with E-state index in [0.29, 0.717) is 17.8 Å². The second-order valence-corrected chi connectivity index (χ2v) is 9.43. The highest BCUT2D eigenvalue weighted by Crippen LogP contribution is 2.35. The molecule has 0 aliphatic carbocycles. The third-order valence-electron chi connectivity index (χ3n) is 4.54. The number of carbonyl (C=O) groups excluding carboxylic acids is 1. The van der Waals surface area contributed by atoms with Crippen molar-refractivity contribution in [2.75, 3.05) is 17.6 Å². The quantitative estimate of drug-likeness (QED) is 0.582. The monoisotopic (exact) mass is 414 g/mol. The van der Waals surface area contributed by atoms with Crippen LogP contribution in [0.1, 0.15) is 19.5 Å². The molecule has 0 bridgehead atoms. The fraction of sp³-hybridized carbons (Fsp3) is 0.211. The summed E-state index contributed by atoms with van der Waals surface area (Å²) in [4.78, 5) is 19.9. The fourth-order valence-corrected chi connectivity index (χ4v) is 4.34. The van der Waals surface area contributed by atoms with Crippen LogP contribution in [-0.4, -0.2) is 31.0 Å². The van der Waals surface area contributed by atoms with Crippen LogP contribution in [0.3, 0.4) is 0 Å². The van der Waals surface area contributed by atoms with Crippen molar-refractivity contribution in [3.05, 3.63) is 59.3 Å². The maximum atomic E-state index is 13.2. The normalized spacial score (nSPS) is 14.1. The Morgan fingerprint density at radius 3 is 2.48 bits per heavy atom. The van der Waals surface area contributed by atoms with E-state index in [9.17, 15) is 13.2 Å². The number of hydrogen-bond donors (Lipinski definition) is 4. The number of nitrogens with one attached hydrogen (secondary N) is 2. The van der Waals surface area contributed by atoms with Gasteiger partial charge in [-0.1, -0.05) is 0 Å². The van der Waals surface area contributed by atoms with Crippen LogP contribution in [0.4, 0.5) is 16.3 Å². The van der Waals surface area contributed by atoms with Gasteiger partial charge in [-0.15, -0.1) is 0 Å². The summed E-state index contributed by atoms with van der Waals surface area (Å²) in [5.41, 5.74) is 12.5. The fourth-order valence-electron chi connectivity index (χ4n) is 2.82. The van der Waals surface area contributed by atoms with E-state index in [2.05, 4.69) is 20.6 Å². The van der Waals surface area contributed by atoms with Crippen molar-refractivity contribution < 1.29 is 13.2 Å². The Kier molecular flexibility index (Phi) is 5.29. The number of sulfone groups is 1. The van der Waals surface area contributed by atoms with Gasteiger partial charge in [-0.2, -0.15) is 0 Å². The lowest BCUT2D eigenvalue weighted by Crippen LogP contribution is -2.32. The molecule has 1 aromatic heterocycles. The summed E-state index contributed by atoms with van der Waals surface area (Å²) in [6.07, 6.45) is 4.74. The van der Waals surface area contributed by atoms with Gasteiger partial charge in [0.05, 0.1) is 10.6 Å². The molecule has 0 saturated carbocycles. The topological polar surface area (TPSA) is 153 Å². The van der Waals surface area contributed by atoms with Gasteiger partial charge >= 0.3 is 6.03 Å². The van der Waals surface area contributed by atoms with Crippen molar-refractivity contribution >= 4 is 27.4 Å². The molecule has 2 amide bonds. The third kappa shape index (κ3) is 4.06. The lowest BCUT2D eigenvalue weighted by Gasteiger charge is -2.26. The van der Waals surface area contributed by atoms with E-state index in [1.165, 1.54) is 12.1 Å². The first-order valence-corrected chi connectivity index (χ1v) is 10.3. The molecular weight excluding hydrogens is 392 g/mol. The summed E-state index contributed by atoms with van der Waals surface area (Å²) >= 11 is 0. The van der Waals surface area contributed by atoms with E-state index in [0.717, 1.165) is 0 Å². The number of urea groups is 1. The Morgan fingerprint density at radius 2 is 1.90 bits per heavy atom. The standard InChI is InChI=1S/C19H22N6O3S/c1-19(2,29(27,28)14-7-9-22-10-8-14)15-11-16(20)25-17(24-15)12-3-5-13(6-4-12)23-18(21)26/h3-9,11,22H,10H2,1-2H3,(H2,20,24,25)(H3,21,23,26). The molecule has 10 heteroatoms. The number of benzene rings is 1. The van der Waals surface area contributed by atoms with Crippen molar-refractivity contribution in [1.29, 1.82) is 0 Å². The van der Waals surface area contributed by atoms with Crippen LogP contribution in [-0.2, 0) is 14.6 Å². The number of rotatable bonds is 5. The van der Waals surface area contributed by atoms with Gasteiger partial charge in [0, 0.05) is 23.9 Å². The average molecular weight is 414 g/mol. The lowest BCUT2D eigenvalue weighted by molar-refractivity contribution is 0.259. The number of anilines is 2. The molecule has 0 spiro atoms. The summed E-state index contributed by atoms with van der Waals surface area (Å²) in [5.74, 6) is 0.436. The highest BCUT2D eigenvalue weighted by atomic mass is 32.2. The molecule has 29 heavy (non-hydrogen) atoms. The maximum Gasteiger partial charge on any atom is 0.316 e. The molecule has 0 radical (unpaired) electrons. The molecule has 9 nitrogen and oxygen atoms in total. The van der Waals surface area contributed by atoms with Gasteiger partial charge in [0.25, 0.3) is 0 Å². The minimum absolute atomic E-state index is 0.155. The first kappa shape index (κ1) is 20.3. The minimum atomic E-state index is -3.72. The molecule has 1 aliphatic rings. The first-order valence-electron chi connectivity index (χ1n) is 8.78. The second kappa shape index (κ2) is 7.55. The summed E-state index contributed by atoms with van der Waals surface area (Å²) in [6.45, 7) is 3.61. The van der Waals surface area contributed by atoms with Gasteiger partial charge in [-0.25, -0.2) is 23.2 Å². The number of allylic oxidation sites excluding steroid dienone is 1. The largest absolute Gasteiger partial charge is 0.387 e. The van der Waals surface area contributed by atoms with Crippen LogP contribution in [0.2, 0.25) is 0 Å². The minimum Gasteiger partial charge on any atom is -0.387 e. The zero-order valence-corrected chi connectivity index (χ0v) is 16.8. The van der Waals surface area contributed by atoms with Crippen LogP contribution in [0.15, 0.2) is 53.6 Å². The molecule has 6 N–H and O–H groups in total. The zero-order valence-electron chi connectivity index (χ0n) is 16.0. The summed E-state index contributed by atoms with van der Waals surface area (Å²) in [5, 5.41) is 5.40. The van der Waals surface area contributed by atoms with E-state index in [-0.39, 0.29) is 22.2 Å². The van der Waals surface area contributed by atoms with Crippen molar-refractivity contribution in [3.8, 4) is 11.4 Å². The van der Waals surface area contributed by atoms with Crippen molar-refractivity contribution in [1.82, 2.24) is 15.3 Å². The van der Waals surface area contributed by atoms with Gasteiger partial charge in [-0.05, 0) is 56.5 Å². The number of carbonyl (C=O) groups is 1. The maximum absolute atomic E-state index is 13.2. The van der Waals surface area contributed by atoms with E-state index in [1.807, 2.05) is 0 Å². The molecule has 1 aliphatic heterocycles. The van der Waals surface area contributed by atoms with Crippen molar-refractivity contribution in [2.45, 2.75) is 18.6 Å². The highest BCUT2D eigenvalue weighted by Gasteiger charge is 2.40. The van der Waals surface area contributed by atoms with Gasteiger partial charge in [0.1, 0.15) is 10.6 Å². The summed E-state index contributed by atoms with van der Waals surface area (Å²) < 4.78 is 25.1. The number of dihydropyridines is 1. The number of nitrogens with two attached hydrogens (primary N) is 2. The number of aromatic nitrogens is 2. The van der Waals surface area contributed by atoms with Crippen LogP contribution >= 0.6 is 0 Å². The number of amides is 2. The molecule has 152 valence electrons. The Morgan fingerprint density at radius 1 is 1.21 bits per heavy atom. The molecule has 0 unspecified atom stereocenters. The number of hydrogen-bond acceptors (Lipinski definition) is 7. The smallest absolute Gasteiger partial charge is 0.316 e. The molecule has 0 fully saturated rings. The Hall–Kier alpha value is -3.40. The molecule has 3 rings (SSSR count). The lowest BCUT2D eigenvalue weighted by atomic mass is 10.1. The van der Waals surface area contributed by atoms with Crippen molar-refractivity contribution in [2.24, 2.45) is 5.73 Å². The van der Waals surface area contributed by atoms with Gasteiger partial charge in [0.15, 0.2) is 15.7 Å². The van der Waals surface area contributed by atoms with Crippen LogP contribution < -0.4 is 22.1 Å². The first-order chi connectivity index (χ1) is 13.6. The predicted molar refractivity (Wildman–Crippen MR) is 112 cm³/mol. The van der Waals surface area contributed by atoms with E-state index >= 15 is 0 Å². The Labute approximate surface area is 168 Å². The van der Waals surface area contributed by atoms with Gasteiger partial charge in [0.2, 0.25) is 0 Å². The van der Waals surface area contributed by atoms with Crippen LogP contribution in [0, 0.1) is 0 Å². The Balaban J connectivity index is 2.01. The molecule has 2 heterocycles. The average Bonchev–Trinajstić information content (AvgIpc) is 2.68. The van der Waals surface area contributed by atoms with Crippen molar-refractivity contribution in [3.63, 3.8) is 0 Å². The zero-order chi connectivity index (χ0) is 21.2. The second-order valence-electron chi connectivity index (χ2n) is 6.93. The van der Waals surface area contributed by atoms with E-state index in [1.54, 1.807) is 50.4 Å². The highest BCUT2D eigenvalue weighted by molar-refractivity contribution is 7.96.